The predicted molar refractivity (Wildman–Crippen MR) is 139 cm³/mol. The standard InChI is InChI=1S/C25H17Br2N3O2S/c26-17-8-6-16(7-9-17)14-22-24(32)30(20-4-2-1-3-5-20)25(33-22)21(15-28)23(31)29-19-12-10-18(27)11-13-19/h1-13,22H,14H2,(H,29,31)/b25-21-. The van der Waals surface area contributed by atoms with Gasteiger partial charge in [0, 0.05) is 20.3 Å². The molecule has 3 aromatic rings. The molecule has 4 rings (SSSR count). The summed E-state index contributed by atoms with van der Waals surface area (Å²) in [6, 6.07) is 25.9. The Balaban J connectivity index is 1.70. The smallest absolute Gasteiger partial charge is 0.269 e. The summed E-state index contributed by atoms with van der Waals surface area (Å²) in [7, 11) is 0. The molecular formula is C25H17Br2N3O2S. The van der Waals surface area contributed by atoms with Gasteiger partial charge in [-0.1, -0.05) is 74.0 Å². The molecular weight excluding hydrogens is 566 g/mol. The average Bonchev–Trinajstić information content (AvgIpc) is 3.13. The lowest BCUT2D eigenvalue weighted by Gasteiger charge is -2.18. The summed E-state index contributed by atoms with van der Waals surface area (Å²) in [6.45, 7) is 0. The van der Waals surface area contributed by atoms with Crippen molar-refractivity contribution in [3.63, 3.8) is 0 Å². The fourth-order valence-corrected chi connectivity index (χ4v) is 5.20. The molecule has 2 amide bonds. The minimum atomic E-state index is -0.555. The molecule has 164 valence electrons. The first kappa shape index (κ1) is 23.3. The quantitative estimate of drug-likeness (QED) is 0.284. The van der Waals surface area contributed by atoms with Crippen LogP contribution in [0, 0.1) is 11.3 Å². The third kappa shape index (κ3) is 5.38. The van der Waals surface area contributed by atoms with E-state index in [9.17, 15) is 14.9 Å². The maximum absolute atomic E-state index is 13.4. The van der Waals surface area contributed by atoms with Crippen LogP contribution in [0.25, 0.3) is 0 Å². The highest BCUT2D eigenvalue weighted by atomic mass is 79.9. The highest BCUT2D eigenvalue weighted by molar-refractivity contribution is 9.10. The number of hydrogen-bond acceptors (Lipinski definition) is 4. The Labute approximate surface area is 212 Å². The van der Waals surface area contributed by atoms with Crippen LogP contribution < -0.4 is 10.2 Å². The summed E-state index contributed by atoms with van der Waals surface area (Å²) in [5.74, 6) is -0.714. The molecule has 8 heteroatoms. The Morgan fingerprint density at radius 1 is 0.970 bits per heavy atom. The van der Waals surface area contributed by atoms with E-state index in [0.29, 0.717) is 22.8 Å². The molecule has 1 unspecified atom stereocenters. The second kappa shape index (κ2) is 10.4. The minimum Gasteiger partial charge on any atom is -0.321 e. The molecule has 1 fully saturated rings. The third-order valence-electron chi connectivity index (χ3n) is 4.96. The van der Waals surface area contributed by atoms with E-state index in [4.69, 9.17) is 0 Å². The number of nitriles is 1. The van der Waals surface area contributed by atoms with Gasteiger partial charge in [-0.05, 0) is 60.5 Å². The Morgan fingerprint density at radius 2 is 1.58 bits per heavy atom. The monoisotopic (exact) mass is 581 g/mol. The van der Waals surface area contributed by atoms with Crippen molar-refractivity contribution in [3.05, 3.63) is 104 Å². The van der Waals surface area contributed by atoms with Gasteiger partial charge in [0.2, 0.25) is 5.91 Å². The zero-order valence-corrected chi connectivity index (χ0v) is 21.2. The number of anilines is 2. The molecule has 1 aliphatic rings. The molecule has 0 saturated carbocycles. The van der Waals surface area contributed by atoms with E-state index in [1.807, 2.05) is 48.5 Å². The highest BCUT2D eigenvalue weighted by Gasteiger charge is 2.40. The second-order valence-corrected chi connectivity index (χ2v) is 10.2. The van der Waals surface area contributed by atoms with Gasteiger partial charge >= 0.3 is 0 Å². The number of benzene rings is 3. The van der Waals surface area contributed by atoms with Crippen LogP contribution in [-0.4, -0.2) is 17.1 Å². The summed E-state index contributed by atoms with van der Waals surface area (Å²) in [5, 5.41) is 12.5. The van der Waals surface area contributed by atoms with E-state index in [0.717, 1.165) is 14.5 Å². The topological polar surface area (TPSA) is 73.2 Å². The molecule has 1 saturated heterocycles. The number of thioether (sulfide) groups is 1. The molecule has 33 heavy (non-hydrogen) atoms. The normalized spacial score (nSPS) is 16.9. The Morgan fingerprint density at radius 3 is 2.18 bits per heavy atom. The van der Waals surface area contributed by atoms with Gasteiger partial charge in [-0.2, -0.15) is 5.26 Å². The van der Waals surface area contributed by atoms with Crippen molar-refractivity contribution in [1.29, 1.82) is 5.26 Å². The summed E-state index contributed by atoms with van der Waals surface area (Å²) in [6.07, 6.45) is 0.483. The number of hydrogen-bond donors (Lipinski definition) is 1. The number of carbonyl (C=O) groups is 2. The molecule has 5 nitrogen and oxygen atoms in total. The van der Waals surface area contributed by atoms with E-state index in [1.54, 1.807) is 36.4 Å². The predicted octanol–water partition coefficient (Wildman–Crippen LogP) is 6.28. The molecule has 0 aromatic heterocycles. The average molecular weight is 583 g/mol. The van der Waals surface area contributed by atoms with Crippen LogP contribution >= 0.6 is 43.6 Å². The van der Waals surface area contributed by atoms with E-state index >= 15 is 0 Å². The minimum absolute atomic E-state index is 0.0987. The van der Waals surface area contributed by atoms with Crippen molar-refractivity contribution in [3.8, 4) is 6.07 Å². The van der Waals surface area contributed by atoms with E-state index in [1.165, 1.54) is 16.7 Å². The molecule has 0 aliphatic carbocycles. The molecule has 0 bridgehead atoms. The number of amides is 2. The molecule has 1 N–H and O–H groups in total. The number of carbonyl (C=O) groups excluding carboxylic acids is 2. The van der Waals surface area contributed by atoms with Crippen LogP contribution in [0.2, 0.25) is 0 Å². The highest BCUT2D eigenvalue weighted by Crippen LogP contribution is 2.42. The van der Waals surface area contributed by atoms with Crippen LogP contribution in [0.5, 0.6) is 0 Å². The number of nitrogens with one attached hydrogen (secondary N) is 1. The number of rotatable bonds is 5. The fraction of sp³-hybridized carbons (Fsp3) is 0.0800. The van der Waals surface area contributed by atoms with Crippen molar-refractivity contribution in [1.82, 2.24) is 0 Å². The second-order valence-electron chi connectivity index (χ2n) is 7.20. The molecule has 0 radical (unpaired) electrons. The number of para-hydroxylation sites is 1. The Hall–Kier alpha value is -2.86. The lowest BCUT2D eigenvalue weighted by atomic mass is 10.1. The molecule has 1 atom stereocenters. The van der Waals surface area contributed by atoms with Gasteiger partial charge in [-0.15, -0.1) is 0 Å². The summed E-state index contributed by atoms with van der Waals surface area (Å²) in [4.78, 5) is 28.0. The van der Waals surface area contributed by atoms with Gasteiger partial charge in [0.15, 0.2) is 0 Å². The van der Waals surface area contributed by atoms with Crippen molar-refractivity contribution >= 4 is 66.8 Å². The Bertz CT molecular complexity index is 1250. The molecule has 1 heterocycles. The largest absolute Gasteiger partial charge is 0.321 e. The van der Waals surface area contributed by atoms with Gasteiger partial charge in [-0.3, -0.25) is 14.5 Å². The molecule has 1 aliphatic heterocycles. The Kier molecular flexibility index (Phi) is 7.33. The van der Waals surface area contributed by atoms with Gasteiger partial charge in [-0.25, -0.2) is 0 Å². The van der Waals surface area contributed by atoms with E-state index in [2.05, 4.69) is 37.2 Å². The van der Waals surface area contributed by atoms with Gasteiger partial charge in [0.25, 0.3) is 5.91 Å². The molecule has 0 spiro atoms. The lowest BCUT2D eigenvalue weighted by Crippen LogP contribution is -2.30. The summed E-state index contributed by atoms with van der Waals surface area (Å²) >= 11 is 8.03. The third-order valence-corrected chi connectivity index (χ3v) is 7.28. The first-order valence-corrected chi connectivity index (χ1v) is 12.4. The van der Waals surface area contributed by atoms with Crippen LogP contribution in [0.3, 0.4) is 0 Å². The van der Waals surface area contributed by atoms with Crippen molar-refractivity contribution in [2.45, 2.75) is 11.7 Å². The van der Waals surface area contributed by atoms with Crippen LogP contribution in [0.1, 0.15) is 5.56 Å². The van der Waals surface area contributed by atoms with Crippen LogP contribution in [0.4, 0.5) is 11.4 Å². The van der Waals surface area contributed by atoms with Gasteiger partial charge < -0.3 is 5.32 Å². The van der Waals surface area contributed by atoms with Crippen LogP contribution in [-0.2, 0) is 16.0 Å². The first-order valence-electron chi connectivity index (χ1n) is 9.97. The fourth-order valence-electron chi connectivity index (χ4n) is 3.36. The number of nitrogens with zero attached hydrogens (tertiary/aromatic N) is 2. The van der Waals surface area contributed by atoms with E-state index in [-0.39, 0.29) is 11.5 Å². The SMILES string of the molecule is N#C/C(C(=O)Nc1ccc(Br)cc1)=C1/SC(Cc2ccc(Br)cc2)C(=O)N1c1ccccc1. The van der Waals surface area contributed by atoms with Crippen molar-refractivity contribution in [2.24, 2.45) is 0 Å². The first-order chi connectivity index (χ1) is 16.0. The lowest BCUT2D eigenvalue weighted by molar-refractivity contribution is -0.117. The maximum atomic E-state index is 13.4. The van der Waals surface area contributed by atoms with Crippen molar-refractivity contribution in [2.75, 3.05) is 10.2 Å². The summed E-state index contributed by atoms with van der Waals surface area (Å²) in [5.41, 5.74) is 2.07. The number of halogens is 2. The van der Waals surface area contributed by atoms with Crippen molar-refractivity contribution < 1.29 is 9.59 Å². The zero-order chi connectivity index (χ0) is 23.4. The van der Waals surface area contributed by atoms with Crippen LogP contribution in [0.15, 0.2) is 98.4 Å². The van der Waals surface area contributed by atoms with Gasteiger partial charge in [0.05, 0.1) is 5.25 Å². The molecule has 3 aromatic carbocycles. The zero-order valence-electron chi connectivity index (χ0n) is 17.2. The van der Waals surface area contributed by atoms with E-state index < -0.39 is 11.2 Å². The summed E-state index contributed by atoms with van der Waals surface area (Å²) < 4.78 is 1.84. The maximum Gasteiger partial charge on any atom is 0.269 e. The van der Waals surface area contributed by atoms with Gasteiger partial charge in [0.1, 0.15) is 16.7 Å².